The Morgan fingerprint density at radius 3 is 2.75 bits per heavy atom. The average molecular weight is 216 g/mol. The molecule has 0 saturated heterocycles. The quantitative estimate of drug-likeness (QED) is 0.822. The third kappa shape index (κ3) is 1.44. The van der Waals surface area contributed by atoms with Gasteiger partial charge in [-0.3, -0.25) is 0 Å². The van der Waals surface area contributed by atoms with Crippen LogP contribution in [0.5, 0.6) is 0 Å². The van der Waals surface area contributed by atoms with Crippen LogP contribution in [-0.2, 0) is 12.8 Å². The van der Waals surface area contributed by atoms with Gasteiger partial charge in [0.2, 0.25) is 0 Å². The molecule has 0 aromatic heterocycles. The van der Waals surface area contributed by atoms with Crippen molar-refractivity contribution in [2.45, 2.75) is 38.6 Å². The number of hydrogen-bond acceptors (Lipinski definition) is 2. The first-order valence-electron chi connectivity index (χ1n) is 6.46. The van der Waals surface area contributed by atoms with Crippen LogP contribution in [-0.4, -0.2) is 13.1 Å². The van der Waals surface area contributed by atoms with Crippen molar-refractivity contribution >= 4 is 5.69 Å². The van der Waals surface area contributed by atoms with E-state index in [1.54, 1.807) is 11.3 Å². The molecule has 0 radical (unpaired) electrons. The third-order valence-corrected chi connectivity index (χ3v) is 4.00. The fraction of sp³-hybridized carbons (Fsp3) is 0.571. The van der Waals surface area contributed by atoms with E-state index in [9.17, 15) is 0 Å². The van der Waals surface area contributed by atoms with E-state index in [-0.39, 0.29) is 6.04 Å². The lowest BCUT2D eigenvalue weighted by atomic mass is 9.94. The highest BCUT2D eigenvalue weighted by Crippen LogP contribution is 2.37. The molecule has 1 atom stereocenters. The summed E-state index contributed by atoms with van der Waals surface area (Å²) >= 11 is 0. The van der Waals surface area contributed by atoms with Gasteiger partial charge in [-0.15, -0.1) is 0 Å². The van der Waals surface area contributed by atoms with Crippen molar-refractivity contribution in [3.63, 3.8) is 0 Å². The second-order valence-electron chi connectivity index (χ2n) is 5.04. The van der Waals surface area contributed by atoms with E-state index in [1.165, 1.54) is 43.5 Å². The predicted octanol–water partition coefficient (Wildman–Crippen LogP) is 2.41. The molecule has 2 heteroatoms. The molecule has 2 aliphatic rings. The Morgan fingerprint density at radius 2 is 2.00 bits per heavy atom. The molecule has 2 nitrogen and oxygen atoms in total. The van der Waals surface area contributed by atoms with Gasteiger partial charge in [0, 0.05) is 24.8 Å². The number of benzene rings is 1. The number of hydrogen-bond donors (Lipinski definition) is 1. The molecule has 0 aliphatic carbocycles. The Bertz CT molecular complexity index is 411. The predicted molar refractivity (Wildman–Crippen MR) is 67.9 cm³/mol. The molecule has 0 saturated carbocycles. The van der Waals surface area contributed by atoms with Gasteiger partial charge in [0.05, 0.1) is 0 Å². The van der Waals surface area contributed by atoms with Gasteiger partial charge in [-0.05, 0) is 42.4 Å². The van der Waals surface area contributed by atoms with Crippen molar-refractivity contribution in [2.75, 3.05) is 18.0 Å². The molecule has 2 aliphatic heterocycles. The number of nitrogens with zero attached hydrogens (tertiary/aromatic N) is 1. The fourth-order valence-corrected chi connectivity index (χ4v) is 3.08. The molecule has 2 N–H and O–H groups in total. The molecule has 86 valence electrons. The van der Waals surface area contributed by atoms with Crippen molar-refractivity contribution in [2.24, 2.45) is 5.73 Å². The minimum absolute atomic E-state index is 0.220. The lowest BCUT2D eigenvalue weighted by Crippen LogP contribution is -2.26. The van der Waals surface area contributed by atoms with Crippen LogP contribution in [0, 0.1) is 0 Å². The van der Waals surface area contributed by atoms with Crippen LogP contribution >= 0.6 is 0 Å². The van der Waals surface area contributed by atoms with E-state index in [1.807, 2.05) is 0 Å². The summed E-state index contributed by atoms with van der Waals surface area (Å²) < 4.78 is 0. The number of aryl methyl sites for hydroxylation is 1. The monoisotopic (exact) mass is 216 g/mol. The lowest BCUT2D eigenvalue weighted by molar-refractivity contribution is 0.690. The highest BCUT2D eigenvalue weighted by Gasteiger charge is 2.26. The van der Waals surface area contributed by atoms with E-state index >= 15 is 0 Å². The number of anilines is 1. The molecule has 1 aromatic rings. The SMILES string of the molecule is CCC(N)c1cc2c3c(c1)CCN3CCC2. The topological polar surface area (TPSA) is 29.3 Å². The van der Waals surface area contributed by atoms with Crippen LogP contribution in [0.4, 0.5) is 5.69 Å². The van der Waals surface area contributed by atoms with Gasteiger partial charge in [-0.2, -0.15) is 0 Å². The molecule has 1 aromatic carbocycles. The molecule has 2 heterocycles. The molecule has 1 unspecified atom stereocenters. The maximum Gasteiger partial charge on any atom is 0.0432 e. The summed E-state index contributed by atoms with van der Waals surface area (Å²) in [4.78, 5) is 2.55. The fourth-order valence-electron chi connectivity index (χ4n) is 3.08. The summed E-state index contributed by atoms with van der Waals surface area (Å²) in [6.45, 7) is 4.63. The van der Waals surface area contributed by atoms with Crippen molar-refractivity contribution < 1.29 is 0 Å². The second kappa shape index (κ2) is 3.77. The van der Waals surface area contributed by atoms with E-state index in [4.69, 9.17) is 5.73 Å². The zero-order chi connectivity index (χ0) is 11.1. The average Bonchev–Trinajstić information content (AvgIpc) is 2.73. The largest absolute Gasteiger partial charge is 0.371 e. The van der Waals surface area contributed by atoms with Crippen LogP contribution < -0.4 is 10.6 Å². The van der Waals surface area contributed by atoms with E-state index < -0.39 is 0 Å². The first-order valence-corrected chi connectivity index (χ1v) is 6.46. The Hall–Kier alpha value is -1.02. The molecular formula is C14H20N2. The van der Waals surface area contributed by atoms with Gasteiger partial charge in [0.15, 0.2) is 0 Å². The zero-order valence-electron chi connectivity index (χ0n) is 10.00. The van der Waals surface area contributed by atoms with Crippen LogP contribution in [0.3, 0.4) is 0 Å². The van der Waals surface area contributed by atoms with Crippen molar-refractivity contribution in [3.8, 4) is 0 Å². The van der Waals surface area contributed by atoms with E-state index in [0.29, 0.717) is 0 Å². The Kier molecular flexibility index (Phi) is 2.40. The summed E-state index contributed by atoms with van der Waals surface area (Å²) in [7, 11) is 0. The lowest BCUT2D eigenvalue weighted by Gasteiger charge is -2.28. The maximum atomic E-state index is 6.15. The van der Waals surface area contributed by atoms with Crippen molar-refractivity contribution in [3.05, 3.63) is 28.8 Å². The smallest absolute Gasteiger partial charge is 0.0432 e. The van der Waals surface area contributed by atoms with Crippen LogP contribution in [0.1, 0.15) is 42.5 Å². The molecule has 0 fully saturated rings. The minimum atomic E-state index is 0.220. The van der Waals surface area contributed by atoms with Crippen LogP contribution in [0.2, 0.25) is 0 Å². The number of nitrogens with two attached hydrogens (primary N) is 1. The van der Waals surface area contributed by atoms with Crippen molar-refractivity contribution in [1.82, 2.24) is 0 Å². The number of rotatable bonds is 2. The molecule has 0 spiro atoms. The first kappa shape index (κ1) is 10.2. The summed E-state index contributed by atoms with van der Waals surface area (Å²) in [5, 5.41) is 0. The van der Waals surface area contributed by atoms with E-state index in [2.05, 4.69) is 24.0 Å². The Morgan fingerprint density at radius 1 is 1.25 bits per heavy atom. The summed E-state index contributed by atoms with van der Waals surface area (Å²) in [5.74, 6) is 0. The molecule has 0 bridgehead atoms. The summed E-state index contributed by atoms with van der Waals surface area (Å²) in [6, 6.07) is 4.92. The summed E-state index contributed by atoms with van der Waals surface area (Å²) in [6.07, 6.45) is 4.79. The molecule has 3 rings (SSSR count). The highest BCUT2D eigenvalue weighted by molar-refractivity contribution is 5.66. The second-order valence-corrected chi connectivity index (χ2v) is 5.04. The van der Waals surface area contributed by atoms with Gasteiger partial charge in [0.1, 0.15) is 0 Å². The molecule has 16 heavy (non-hydrogen) atoms. The highest BCUT2D eigenvalue weighted by atomic mass is 15.2. The third-order valence-electron chi connectivity index (χ3n) is 4.00. The molecule has 0 amide bonds. The molecular weight excluding hydrogens is 196 g/mol. The Labute approximate surface area is 97.4 Å². The van der Waals surface area contributed by atoms with Crippen molar-refractivity contribution in [1.29, 1.82) is 0 Å². The first-order chi connectivity index (χ1) is 7.79. The normalized spacial score (nSPS) is 19.8. The zero-order valence-corrected chi connectivity index (χ0v) is 10.00. The van der Waals surface area contributed by atoms with Gasteiger partial charge >= 0.3 is 0 Å². The van der Waals surface area contributed by atoms with Gasteiger partial charge in [-0.25, -0.2) is 0 Å². The maximum absolute atomic E-state index is 6.15. The summed E-state index contributed by atoms with van der Waals surface area (Å²) in [5.41, 5.74) is 12.1. The van der Waals surface area contributed by atoms with Gasteiger partial charge < -0.3 is 10.6 Å². The van der Waals surface area contributed by atoms with Crippen LogP contribution in [0.25, 0.3) is 0 Å². The minimum Gasteiger partial charge on any atom is -0.371 e. The standard InChI is InChI=1S/C14H20N2/c1-2-13(15)12-8-10-4-3-6-16-7-5-11(9-12)14(10)16/h8-9,13H,2-7,15H2,1H3. The van der Waals surface area contributed by atoms with E-state index in [0.717, 1.165) is 6.42 Å². The van der Waals surface area contributed by atoms with Gasteiger partial charge in [-0.1, -0.05) is 19.1 Å². The van der Waals surface area contributed by atoms with Crippen LogP contribution in [0.15, 0.2) is 12.1 Å². The van der Waals surface area contributed by atoms with Gasteiger partial charge in [0.25, 0.3) is 0 Å². The Balaban J connectivity index is 2.08.